The largest absolute Gasteiger partial charge is 0.382 e. The number of rotatable bonds is 6. The lowest BCUT2D eigenvalue weighted by Gasteiger charge is -2.26. The first-order chi connectivity index (χ1) is 15.2. The number of fused-ring (bicyclic) bond motifs is 1. The zero-order valence-electron chi connectivity index (χ0n) is 16.9. The number of morpholine rings is 1. The van der Waals surface area contributed by atoms with Crippen molar-refractivity contribution in [2.45, 2.75) is 19.1 Å². The maximum absolute atomic E-state index is 12.7. The molecular formula is C22H23ClN4O3S. The van der Waals surface area contributed by atoms with E-state index in [0.717, 1.165) is 66.6 Å². The highest BCUT2D eigenvalue weighted by Crippen LogP contribution is 2.27. The number of nitrogens with one attached hydrogen (secondary N) is 1. The number of halogens is 1. The molecule has 0 radical (unpaired) electrons. The van der Waals surface area contributed by atoms with Gasteiger partial charge in [0.25, 0.3) is 5.91 Å². The van der Waals surface area contributed by atoms with E-state index < -0.39 is 6.10 Å². The number of benzene rings is 1. The molecule has 3 aromatic rings. The van der Waals surface area contributed by atoms with Gasteiger partial charge in [0, 0.05) is 55.4 Å². The van der Waals surface area contributed by atoms with Gasteiger partial charge in [-0.05, 0) is 36.4 Å². The number of carbonyl (C=O) groups excluding carboxylic acids is 1. The smallest absolute Gasteiger partial charge is 0.268 e. The first kappa shape index (κ1) is 20.5. The number of carbonyl (C=O) groups is 1. The summed E-state index contributed by atoms with van der Waals surface area (Å²) >= 11 is 7.42. The summed E-state index contributed by atoms with van der Waals surface area (Å²) in [4.78, 5) is 21.4. The van der Waals surface area contributed by atoms with Gasteiger partial charge in [-0.15, -0.1) is 11.3 Å². The molecule has 0 aliphatic carbocycles. The number of hydrogen-bond acceptors (Lipinski definition) is 6. The third-order valence-electron chi connectivity index (χ3n) is 5.62. The van der Waals surface area contributed by atoms with Gasteiger partial charge in [-0.1, -0.05) is 16.8 Å². The number of hydrogen-bond donors (Lipinski definition) is 1. The highest BCUT2D eigenvalue weighted by atomic mass is 35.5. The predicted molar refractivity (Wildman–Crippen MR) is 123 cm³/mol. The van der Waals surface area contributed by atoms with Gasteiger partial charge in [0.15, 0.2) is 0 Å². The topological polar surface area (TPSA) is 68.1 Å². The van der Waals surface area contributed by atoms with E-state index in [1.807, 2.05) is 24.3 Å². The molecule has 7 nitrogen and oxygen atoms in total. The molecule has 2 aliphatic heterocycles. The molecule has 162 valence electrons. The molecule has 2 aliphatic rings. The Morgan fingerprint density at radius 2 is 2.06 bits per heavy atom. The van der Waals surface area contributed by atoms with E-state index in [1.165, 1.54) is 11.3 Å². The van der Waals surface area contributed by atoms with Crippen molar-refractivity contribution in [3.05, 3.63) is 51.8 Å². The van der Waals surface area contributed by atoms with Gasteiger partial charge < -0.3 is 19.5 Å². The summed E-state index contributed by atoms with van der Waals surface area (Å²) < 4.78 is 8.36. The second-order valence-corrected chi connectivity index (χ2v) is 9.38. The van der Waals surface area contributed by atoms with Crippen LogP contribution in [0, 0.1) is 0 Å². The van der Waals surface area contributed by atoms with Crippen LogP contribution in [0.2, 0.25) is 4.34 Å². The maximum atomic E-state index is 12.7. The van der Waals surface area contributed by atoms with E-state index in [9.17, 15) is 4.79 Å². The van der Waals surface area contributed by atoms with Crippen LogP contribution in [0.15, 0.2) is 47.8 Å². The van der Waals surface area contributed by atoms with E-state index in [-0.39, 0.29) is 5.91 Å². The molecule has 4 heterocycles. The molecule has 31 heavy (non-hydrogen) atoms. The Morgan fingerprint density at radius 3 is 2.87 bits per heavy atom. The number of anilines is 1. The Balaban J connectivity index is 1.19. The van der Waals surface area contributed by atoms with Crippen LogP contribution in [0.5, 0.6) is 0 Å². The van der Waals surface area contributed by atoms with Crippen molar-refractivity contribution >= 4 is 51.1 Å². The average Bonchev–Trinajstić information content (AvgIpc) is 3.52. The number of oxime groups is 1. The van der Waals surface area contributed by atoms with E-state index in [1.54, 1.807) is 0 Å². The highest BCUT2D eigenvalue weighted by molar-refractivity contribution is 7.18. The molecule has 1 saturated heterocycles. The first-order valence-electron chi connectivity index (χ1n) is 10.3. The predicted octanol–water partition coefficient (Wildman–Crippen LogP) is 3.82. The first-order valence-corrected chi connectivity index (χ1v) is 11.5. The Kier molecular flexibility index (Phi) is 5.95. The van der Waals surface area contributed by atoms with Crippen molar-refractivity contribution in [3.8, 4) is 0 Å². The number of amides is 1. The van der Waals surface area contributed by atoms with E-state index in [4.69, 9.17) is 21.2 Å². The lowest BCUT2D eigenvalue weighted by atomic mass is 10.1. The van der Waals surface area contributed by atoms with E-state index in [0.29, 0.717) is 10.8 Å². The summed E-state index contributed by atoms with van der Waals surface area (Å²) in [5.74, 6) is -0.201. The van der Waals surface area contributed by atoms with Crippen LogP contribution in [-0.4, -0.2) is 60.0 Å². The van der Waals surface area contributed by atoms with E-state index >= 15 is 0 Å². The molecule has 2 aromatic heterocycles. The zero-order valence-corrected chi connectivity index (χ0v) is 18.5. The number of nitrogens with zero attached hydrogens (tertiary/aromatic N) is 3. The monoisotopic (exact) mass is 458 g/mol. The van der Waals surface area contributed by atoms with Crippen molar-refractivity contribution < 1.29 is 14.4 Å². The third kappa shape index (κ3) is 4.62. The molecule has 1 atom stereocenters. The summed E-state index contributed by atoms with van der Waals surface area (Å²) in [5, 5.41) is 8.12. The summed E-state index contributed by atoms with van der Waals surface area (Å²) in [6.45, 7) is 5.54. The lowest BCUT2D eigenvalue weighted by molar-refractivity contribution is -0.125. The minimum atomic E-state index is -0.635. The van der Waals surface area contributed by atoms with Gasteiger partial charge in [0.2, 0.25) is 6.10 Å². The average molecular weight is 459 g/mol. The molecule has 9 heteroatoms. The Morgan fingerprint density at radius 1 is 1.19 bits per heavy atom. The number of thiophene rings is 1. The molecule has 1 unspecified atom stereocenters. The van der Waals surface area contributed by atoms with Gasteiger partial charge in [0.05, 0.1) is 22.4 Å². The molecule has 1 aromatic carbocycles. The Hall–Kier alpha value is -2.39. The van der Waals surface area contributed by atoms with Gasteiger partial charge in [-0.2, -0.15) is 0 Å². The van der Waals surface area contributed by atoms with Gasteiger partial charge in [0.1, 0.15) is 5.71 Å². The van der Waals surface area contributed by atoms with E-state index in [2.05, 4.69) is 38.3 Å². The minimum absolute atomic E-state index is 0.201. The zero-order chi connectivity index (χ0) is 21.2. The SMILES string of the molecule is O=C(Nc1ccc2c(ccn2CCN2CCOCC2)c1)C1CC(c2ccc(Cl)s2)=NO1. The summed E-state index contributed by atoms with van der Waals surface area (Å²) in [6, 6.07) is 11.8. The van der Waals surface area contributed by atoms with Crippen molar-refractivity contribution in [1.29, 1.82) is 0 Å². The molecular weight excluding hydrogens is 436 g/mol. The van der Waals surface area contributed by atoms with Crippen LogP contribution in [-0.2, 0) is 20.9 Å². The van der Waals surface area contributed by atoms with Crippen LogP contribution in [0.3, 0.4) is 0 Å². The van der Waals surface area contributed by atoms with Crippen molar-refractivity contribution in [2.24, 2.45) is 5.16 Å². The van der Waals surface area contributed by atoms with Crippen LogP contribution in [0.4, 0.5) is 5.69 Å². The molecule has 1 fully saturated rings. The van der Waals surface area contributed by atoms with Gasteiger partial charge in [-0.3, -0.25) is 9.69 Å². The molecule has 1 amide bonds. The normalized spacial score (nSPS) is 19.4. The van der Waals surface area contributed by atoms with Crippen LogP contribution >= 0.6 is 22.9 Å². The Bertz CT molecular complexity index is 1120. The van der Waals surface area contributed by atoms with Crippen LogP contribution < -0.4 is 5.32 Å². The Labute approximate surface area is 189 Å². The lowest BCUT2D eigenvalue weighted by Crippen LogP contribution is -2.38. The highest BCUT2D eigenvalue weighted by Gasteiger charge is 2.29. The molecule has 5 rings (SSSR count). The summed E-state index contributed by atoms with van der Waals surface area (Å²) in [5.41, 5.74) is 2.66. The quantitative estimate of drug-likeness (QED) is 0.609. The standard InChI is InChI=1S/C22H23ClN4O3S/c23-21-4-3-20(31-21)17-14-19(30-25-17)22(28)24-16-1-2-18-15(13-16)5-6-27(18)8-7-26-9-11-29-12-10-26/h1-6,13,19H,7-12,14H2,(H,24,28). The maximum Gasteiger partial charge on any atom is 0.268 e. The van der Waals surface area contributed by atoms with Crippen molar-refractivity contribution in [3.63, 3.8) is 0 Å². The van der Waals surface area contributed by atoms with Gasteiger partial charge >= 0.3 is 0 Å². The molecule has 1 N–H and O–H groups in total. The second-order valence-electron chi connectivity index (χ2n) is 7.67. The fourth-order valence-corrected chi connectivity index (χ4v) is 4.94. The number of ether oxygens (including phenoxy) is 1. The number of aromatic nitrogens is 1. The van der Waals surface area contributed by atoms with Gasteiger partial charge in [-0.25, -0.2) is 0 Å². The van der Waals surface area contributed by atoms with Crippen LogP contribution in [0.25, 0.3) is 10.9 Å². The second kappa shape index (κ2) is 9.00. The molecule has 0 saturated carbocycles. The fraction of sp³-hybridized carbons (Fsp3) is 0.364. The van der Waals surface area contributed by atoms with Crippen LogP contribution in [0.1, 0.15) is 11.3 Å². The molecule has 0 spiro atoms. The fourth-order valence-electron chi connectivity index (χ4n) is 3.90. The summed E-state index contributed by atoms with van der Waals surface area (Å²) in [6.07, 6.45) is 1.90. The minimum Gasteiger partial charge on any atom is -0.382 e. The van der Waals surface area contributed by atoms with Crippen molar-refractivity contribution in [1.82, 2.24) is 9.47 Å². The summed E-state index contributed by atoms with van der Waals surface area (Å²) in [7, 11) is 0. The molecule has 0 bridgehead atoms. The third-order valence-corrected chi connectivity index (χ3v) is 6.90. The van der Waals surface area contributed by atoms with Crippen molar-refractivity contribution in [2.75, 3.05) is 38.2 Å².